The quantitative estimate of drug-likeness (QED) is 0.518. The van der Waals surface area contributed by atoms with Crippen molar-refractivity contribution in [2.45, 2.75) is 33.7 Å². The second kappa shape index (κ2) is 10.9. The molecule has 1 aromatic heterocycles. The number of hydrogen-bond donors (Lipinski definition) is 2. The first-order valence-corrected chi connectivity index (χ1v) is 11.4. The lowest BCUT2D eigenvalue weighted by atomic mass is 10.1. The first kappa shape index (κ1) is 22.0. The number of aliphatic imine (C=N–C) groups is 1. The van der Waals surface area contributed by atoms with Gasteiger partial charge in [-0.3, -0.25) is 4.79 Å². The van der Waals surface area contributed by atoms with Crippen LogP contribution < -0.4 is 15.5 Å². The van der Waals surface area contributed by atoms with Crippen molar-refractivity contribution in [2.24, 2.45) is 4.99 Å². The summed E-state index contributed by atoms with van der Waals surface area (Å²) in [6, 6.07) is 7.65. The molecule has 1 aliphatic rings. The Hall–Kier alpha value is -2.68. The number of hydrogen-bond acceptors (Lipinski definition) is 6. The highest BCUT2D eigenvalue weighted by molar-refractivity contribution is 7.09. The fourth-order valence-corrected chi connectivity index (χ4v) is 4.04. The summed E-state index contributed by atoms with van der Waals surface area (Å²) in [5.74, 6) is 1.81. The van der Waals surface area contributed by atoms with Gasteiger partial charge in [-0.05, 0) is 31.5 Å². The molecule has 0 unspecified atom stereocenters. The van der Waals surface area contributed by atoms with E-state index >= 15 is 0 Å². The first-order chi connectivity index (χ1) is 14.6. The Bertz CT molecular complexity index is 841. The number of rotatable bonds is 7. The van der Waals surface area contributed by atoms with E-state index in [1.54, 1.807) is 0 Å². The van der Waals surface area contributed by atoms with E-state index in [9.17, 15) is 4.79 Å². The average Bonchev–Trinajstić information content (AvgIpc) is 3.27. The highest BCUT2D eigenvalue weighted by Crippen LogP contribution is 2.19. The minimum Gasteiger partial charge on any atom is -0.357 e. The smallest absolute Gasteiger partial charge is 0.251 e. The van der Waals surface area contributed by atoms with Crippen molar-refractivity contribution >= 4 is 28.5 Å². The zero-order chi connectivity index (χ0) is 21.3. The van der Waals surface area contributed by atoms with Gasteiger partial charge in [0, 0.05) is 62.8 Å². The van der Waals surface area contributed by atoms with E-state index in [2.05, 4.69) is 43.6 Å². The Balaban J connectivity index is 1.58. The molecule has 0 bridgehead atoms. The Morgan fingerprint density at radius 3 is 2.37 bits per heavy atom. The normalized spacial score (nSPS) is 14.7. The third kappa shape index (κ3) is 5.69. The van der Waals surface area contributed by atoms with Crippen molar-refractivity contribution in [1.82, 2.24) is 24.9 Å². The lowest BCUT2D eigenvalue weighted by molar-refractivity contribution is 0.0956. The summed E-state index contributed by atoms with van der Waals surface area (Å²) in [5, 5.41) is 7.24. The minimum atomic E-state index is -0.0414. The van der Waals surface area contributed by atoms with Crippen molar-refractivity contribution in [2.75, 3.05) is 44.2 Å². The van der Waals surface area contributed by atoms with Crippen molar-refractivity contribution in [3.8, 4) is 0 Å². The van der Waals surface area contributed by atoms with Crippen LogP contribution in [0.2, 0.25) is 0 Å². The molecule has 3 rings (SSSR count). The molecule has 9 heteroatoms. The standard InChI is InChI=1S/C21H31N7OS/c1-4-18-25-21(30-26-18)28-13-11-27(12-14-28)20(23-6-3)24-15-16-7-9-17(10-8-16)19(29)22-5-2/h7-10H,4-6,11-15H2,1-3H3,(H,22,29)(H,23,24). The van der Waals surface area contributed by atoms with Crippen LogP contribution in [0.15, 0.2) is 29.3 Å². The van der Waals surface area contributed by atoms with Gasteiger partial charge in [-0.15, -0.1) is 0 Å². The molecule has 1 fully saturated rings. The Kier molecular flexibility index (Phi) is 8.01. The van der Waals surface area contributed by atoms with Gasteiger partial charge in [0.2, 0.25) is 5.13 Å². The molecule has 162 valence electrons. The predicted molar refractivity (Wildman–Crippen MR) is 122 cm³/mol. The van der Waals surface area contributed by atoms with Crippen LogP contribution >= 0.6 is 11.5 Å². The fourth-order valence-electron chi connectivity index (χ4n) is 3.24. The lowest BCUT2D eigenvalue weighted by Crippen LogP contribution is -2.52. The Morgan fingerprint density at radius 2 is 1.77 bits per heavy atom. The van der Waals surface area contributed by atoms with Crippen molar-refractivity contribution < 1.29 is 4.79 Å². The molecule has 30 heavy (non-hydrogen) atoms. The topological polar surface area (TPSA) is 85.8 Å². The number of benzene rings is 1. The predicted octanol–water partition coefficient (Wildman–Crippen LogP) is 2.14. The molecular formula is C21H31N7OS. The number of piperazine rings is 1. The van der Waals surface area contributed by atoms with E-state index < -0.39 is 0 Å². The maximum atomic E-state index is 11.9. The molecule has 0 aliphatic carbocycles. The maximum absolute atomic E-state index is 11.9. The third-order valence-corrected chi connectivity index (χ3v) is 5.74. The van der Waals surface area contributed by atoms with Crippen LogP contribution in [0.3, 0.4) is 0 Å². The van der Waals surface area contributed by atoms with Crippen LogP contribution in [-0.2, 0) is 13.0 Å². The van der Waals surface area contributed by atoms with E-state index in [-0.39, 0.29) is 5.91 Å². The summed E-state index contributed by atoms with van der Waals surface area (Å²) >= 11 is 1.49. The molecule has 1 aromatic carbocycles. The van der Waals surface area contributed by atoms with Gasteiger partial charge in [-0.2, -0.15) is 4.37 Å². The van der Waals surface area contributed by atoms with Crippen LogP contribution in [0.25, 0.3) is 0 Å². The van der Waals surface area contributed by atoms with Crippen LogP contribution in [0.5, 0.6) is 0 Å². The molecule has 2 N–H and O–H groups in total. The first-order valence-electron chi connectivity index (χ1n) is 10.6. The molecule has 1 saturated heterocycles. The van der Waals surface area contributed by atoms with Gasteiger partial charge >= 0.3 is 0 Å². The number of guanidine groups is 1. The number of carbonyl (C=O) groups excluding carboxylic acids is 1. The molecule has 8 nitrogen and oxygen atoms in total. The van der Waals surface area contributed by atoms with E-state index in [1.165, 1.54) is 11.5 Å². The van der Waals surface area contributed by atoms with Gasteiger partial charge in [-0.25, -0.2) is 9.98 Å². The Labute approximate surface area is 182 Å². The van der Waals surface area contributed by atoms with Gasteiger partial charge in [0.05, 0.1) is 6.54 Å². The number of aryl methyl sites for hydroxylation is 1. The summed E-state index contributed by atoms with van der Waals surface area (Å²) < 4.78 is 4.40. The van der Waals surface area contributed by atoms with Crippen LogP contribution in [0.4, 0.5) is 5.13 Å². The summed E-state index contributed by atoms with van der Waals surface area (Å²) in [5.41, 5.74) is 1.76. The zero-order valence-electron chi connectivity index (χ0n) is 18.0. The number of carbonyl (C=O) groups is 1. The number of nitrogens with zero attached hydrogens (tertiary/aromatic N) is 5. The van der Waals surface area contributed by atoms with E-state index in [0.29, 0.717) is 18.7 Å². The van der Waals surface area contributed by atoms with Gasteiger partial charge in [0.1, 0.15) is 5.82 Å². The van der Waals surface area contributed by atoms with Gasteiger partial charge in [0.25, 0.3) is 5.91 Å². The summed E-state index contributed by atoms with van der Waals surface area (Å²) in [6.07, 6.45) is 0.873. The third-order valence-electron chi connectivity index (χ3n) is 4.92. The molecule has 0 radical (unpaired) electrons. The highest BCUT2D eigenvalue weighted by atomic mass is 32.1. The van der Waals surface area contributed by atoms with Crippen molar-refractivity contribution in [3.63, 3.8) is 0 Å². The van der Waals surface area contributed by atoms with Crippen LogP contribution in [0, 0.1) is 0 Å². The maximum Gasteiger partial charge on any atom is 0.251 e. The number of amides is 1. The zero-order valence-corrected chi connectivity index (χ0v) is 18.8. The largest absolute Gasteiger partial charge is 0.357 e. The fraction of sp³-hybridized carbons (Fsp3) is 0.524. The number of aromatic nitrogens is 2. The molecule has 2 heterocycles. The molecule has 2 aromatic rings. The molecule has 1 aliphatic heterocycles. The second-order valence-electron chi connectivity index (χ2n) is 7.05. The van der Waals surface area contributed by atoms with Crippen LogP contribution in [-0.4, -0.2) is 65.4 Å². The summed E-state index contributed by atoms with van der Waals surface area (Å²) in [4.78, 5) is 25.9. The average molecular weight is 430 g/mol. The Morgan fingerprint density at radius 1 is 1.07 bits per heavy atom. The molecular weight excluding hydrogens is 398 g/mol. The van der Waals surface area contributed by atoms with Crippen molar-refractivity contribution in [3.05, 3.63) is 41.2 Å². The highest BCUT2D eigenvalue weighted by Gasteiger charge is 2.22. The molecule has 0 saturated carbocycles. The van der Waals surface area contributed by atoms with Gasteiger partial charge in [0.15, 0.2) is 5.96 Å². The summed E-state index contributed by atoms with van der Waals surface area (Å²) in [6.45, 7) is 11.7. The minimum absolute atomic E-state index is 0.0414. The second-order valence-corrected chi connectivity index (χ2v) is 7.78. The van der Waals surface area contributed by atoms with E-state index in [1.807, 2.05) is 31.2 Å². The van der Waals surface area contributed by atoms with E-state index in [4.69, 9.17) is 4.99 Å². The molecule has 1 amide bonds. The monoisotopic (exact) mass is 429 g/mol. The molecule has 0 atom stereocenters. The molecule has 0 spiro atoms. The van der Waals surface area contributed by atoms with Gasteiger partial charge in [-0.1, -0.05) is 19.1 Å². The van der Waals surface area contributed by atoms with E-state index in [0.717, 1.165) is 61.6 Å². The SMILES string of the molecule is CCNC(=O)c1ccc(CN=C(NCC)N2CCN(c3nc(CC)ns3)CC2)cc1. The number of nitrogens with one attached hydrogen (secondary N) is 2. The summed E-state index contributed by atoms with van der Waals surface area (Å²) in [7, 11) is 0. The van der Waals surface area contributed by atoms with Gasteiger partial charge < -0.3 is 20.4 Å². The number of anilines is 1. The van der Waals surface area contributed by atoms with Crippen molar-refractivity contribution in [1.29, 1.82) is 0 Å². The lowest BCUT2D eigenvalue weighted by Gasteiger charge is -2.36. The van der Waals surface area contributed by atoms with Crippen LogP contribution in [0.1, 0.15) is 42.5 Å².